The summed E-state index contributed by atoms with van der Waals surface area (Å²) in [6.07, 6.45) is 2.63. The van der Waals surface area contributed by atoms with Gasteiger partial charge in [0.05, 0.1) is 7.11 Å². The van der Waals surface area contributed by atoms with Crippen LogP contribution in [0.4, 0.5) is 8.78 Å². The molecule has 3 rings (SSSR count). The van der Waals surface area contributed by atoms with E-state index in [9.17, 15) is 18.4 Å². The van der Waals surface area contributed by atoms with E-state index in [0.717, 1.165) is 11.1 Å². The molecule has 0 aliphatic rings. The van der Waals surface area contributed by atoms with Crippen molar-refractivity contribution in [1.82, 2.24) is 0 Å². The molecule has 0 spiro atoms. The fourth-order valence-electron chi connectivity index (χ4n) is 2.94. The molecule has 0 bridgehead atoms. The van der Waals surface area contributed by atoms with E-state index in [0.29, 0.717) is 22.1 Å². The van der Waals surface area contributed by atoms with E-state index in [-0.39, 0.29) is 18.1 Å². The largest absolute Gasteiger partial charge is 0.493 e. The summed E-state index contributed by atoms with van der Waals surface area (Å²) in [5.41, 5.74) is 2.94. The van der Waals surface area contributed by atoms with Crippen LogP contribution in [0.3, 0.4) is 0 Å². The van der Waals surface area contributed by atoms with Gasteiger partial charge in [0, 0.05) is 23.1 Å². The predicted octanol–water partition coefficient (Wildman–Crippen LogP) is 4.78. The molecule has 1 heterocycles. The monoisotopic (exact) mass is 430 g/mol. The fraction of sp³-hybridized carbons (Fsp3) is 0.217. The van der Waals surface area contributed by atoms with E-state index >= 15 is 0 Å². The number of ether oxygens (including phenoxy) is 3. The van der Waals surface area contributed by atoms with Crippen molar-refractivity contribution in [3.63, 3.8) is 0 Å². The Morgan fingerprint density at radius 3 is 2.55 bits per heavy atom. The van der Waals surface area contributed by atoms with Crippen LogP contribution in [-0.2, 0) is 16.1 Å². The first-order chi connectivity index (χ1) is 14.8. The first kappa shape index (κ1) is 22.0. The summed E-state index contributed by atoms with van der Waals surface area (Å²) in [6, 6.07) is 9.19. The van der Waals surface area contributed by atoms with Crippen molar-refractivity contribution in [1.29, 1.82) is 0 Å². The zero-order valence-electron chi connectivity index (χ0n) is 17.1. The van der Waals surface area contributed by atoms with E-state index in [2.05, 4.69) is 4.74 Å². The number of hydrogen-bond acceptors (Lipinski definition) is 6. The summed E-state index contributed by atoms with van der Waals surface area (Å²) in [4.78, 5) is 24.0. The molecule has 0 saturated carbocycles. The number of aryl methyl sites for hydroxylation is 2. The van der Waals surface area contributed by atoms with Gasteiger partial charge in [0.25, 0.3) is 0 Å². The molecule has 3 aromatic rings. The van der Waals surface area contributed by atoms with E-state index < -0.39 is 18.2 Å². The second kappa shape index (κ2) is 9.42. The maximum absolute atomic E-state index is 12.4. The predicted molar refractivity (Wildman–Crippen MR) is 110 cm³/mol. The Labute approximate surface area is 176 Å². The Hall–Kier alpha value is -3.68. The highest BCUT2D eigenvalue weighted by atomic mass is 19.3. The van der Waals surface area contributed by atoms with Crippen molar-refractivity contribution in [3.8, 4) is 11.5 Å². The van der Waals surface area contributed by atoms with Crippen molar-refractivity contribution in [2.24, 2.45) is 0 Å². The van der Waals surface area contributed by atoms with Gasteiger partial charge in [0.15, 0.2) is 11.5 Å². The van der Waals surface area contributed by atoms with Crippen molar-refractivity contribution >= 4 is 23.0 Å². The zero-order chi connectivity index (χ0) is 22.5. The Bertz CT molecular complexity index is 1200. The summed E-state index contributed by atoms with van der Waals surface area (Å²) >= 11 is 0. The third-order valence-corrected chi connectivity index (χ3v) is 4.63. The number of fused-ring (bicyclic) bond motifs is 1. The third-order valence-electron chi connectivity index (χ3n) is 4.63. The molecule has 0 atom stereocenters. The number of halogens is 2. The average Bonchev–Trinajstić information content (AvgIpc) is 2.72. The molecule has 2 aromatic carbocycles. The molecule has 0 aliphatic heterocycles. The van der Waals surface area contributed by atoms with Crippen LogP contribution in [0.1, 0.15) is 22.3 Å². The number of alkyl halides is 2. The van der Waals surface area contributed by atoms with Gasteiger partial charge in [-0.3, -0.25) is 0 Å². The van der Waals surface area contributed by atoms with Gasteiger partial charge in [-0.05, 0) is 60.9 Å². The highest BCUT2D eigenvalue weighted by molar-refractivity contribution is 5.87. The van der Waals surface area contributed by atoms with Gasteiger partial charge < -0.3 is 18.6 Å². The SMILES string of the molecule is COc1cc(/C=C/C(=O)OCc2cc(=O)oc3cc(C)c(C)cc23)ccc1OC(F)F. The maximum Gasteiger partial charge on any atom is 0.387 e. The number of benzene rings is 2. The lowest BCUT2D eigenvalue weighted by Crippen LogP contribution is -2.06. The molecular formula is C23H20F2O6. The summed E-state index contributed by atoms with van der Waals surface area (Å²) in [5.74, 6) is -0.654. The Morgan fingerprint density at radius 2 is 1.84 bits per heavy atom. The van der Waals surface area contributed by atoms with Gasteiger partial charge in [-0.25, -0.2) is 9.59 Å². The number of esters is 1. The van der Waals surface area contributed by atoms with Gasteiger partial charge in [-0.1, -0.05) is 6.07 Å². The molecular weight excluding hydrogens is 410 g/mol. The fourth-order valence-corrected chi connectivity index (χ4v) is 2.94. The minimum absolute atomic E-state index is 0.101. The average molecular weight is 430 g/mol. The minimum atomic E-state index is -2.98. The molecule has 0 radical (unpaired) electrons. The van der Waals surface area contributed by atoms with Gasteiger partial charge >= 0.3 is 18.2 Å². The van der Waals surface area contributed by atoms with Crippen LogP contribution in [-0.4, -0.2) is 19.7 Å². The lowest BCUT2D eigenvalue weighted by molar-refractivity contribution is -0.138. The van der Waals surface area contributed by atoms with E-state index in [4.69, 9.17) is 13.9 Å². The highest BCUT2D eigenvalue weighted by Crippen LogP contribution is 2.30. The van der Waals surface area contributed by atoms with Gasteiger partial charge in [-0.2, -0.15) is 8.78 Å². The molecule has 0 aliphatic carbocycles. The molecule has 8 heteroatoms. The van der Waals surface area contributed by atoms with Crippen LogP contribution in [0, 0.1) is 13.8 Å². The summed E-state index contributed by atoms with van der Waals surface area (Å²) < 4.78 is 44.7. The maximum atomic E-state index is 12.4. The van der Waals surface area contributed by atoms with Crippen LogP contribution in [0.5, 0.6) is 11.5 Å². The molecule has 6 nitrogen and oxygen atoms in total. The van der Waals surface area contributed by atoms with Crippen molar-refractivity contribution in [2.45, 2.75) is 27.1 Å². The van der Waals surface area contributed by atoms with E-state index in [1.807, 2.05) is 19.9 Å². The van der Waals surface area contributed by atoms with Crippen LogP contribution in [0.15, 0.2) is 51.7 Å². The molecule has 31 heavy (non-hydrogen) atoms. The zero-order valence-corrected chi connectivity index (χ0v) is 17.1. The van der Waals surface area contributed by atoms with Gasteiger partial charge in [0.2, 0.25) is 0 Å². The number of methoxy groups -OCH3 is 1. The van der Waals surface area contributed by atoms with Crippen LogP contribution in [0.2, 0.25) is 0 Å². The van der Waals surface area contributed by atoms with Crippen LogP contribution >= 0.6 is 0 Å². The Morgan fingerprint density at radius 1 is 1.10 bits per heavy atom. The first-order valence-corrected chi connectivity index (χ1v) is 9.28. The quantitative estimate of drug-likeness (QED) is 0.305. The van der Waals surface area contributed by atoms with Crippen LogP contribution in [0.25, 0.3) is 17.0 Å². The topological polar surface area (TPSA) is 75.0 Å². The lowest BCUT2D eigenvalue weighted by Gasteiger charge is -2.10. The second-order valence-electron chi connectivity index (χ2n) is 6.75. The summed E-state index contributed by atoms with van der Waals surface area (Å²) in [6.45, 7) is 0.755. The van der Waals surface area contributed by atoms with Crippen molar-refractivity contribution < 1.29 is 32.2 Å². The van der Waals surface area contributed by atoms with Crippen LogP contribution < -0.4 is 15.1 Å². The number of hydrogen-bond donors (Lipinski definition) is 0. The smallest absolute Gasteiger partial charge is 0.387 e. The lowest BCUT2D eigenvalue weighted by atomic mass is 10.0. The minimum Gasteiger partial charge on any atom is -0.493 e. The standard InChI is InChI=1S/C23H20F2O6/c1-13-8-17-16(11-22(27)30-19(17)9-14(13)2)12-29-21(26)7-5-15-4-6-18(31-23(24)25)20(10-15)28-3/h4-11,23H,12H2,1-3H3/b7-5+. The number of carbonyl (C=O) groups excluding carboxylic acids is 1. The number of carbonyl (C=O) groups is 1. The van der Waals surface area contributed by atoms with E-state index in [1.54, 1.807) is 6.07 Å². The molecule has 0 unspecified atom stereocenters. The summed E-state index contributed by atoms with van der Waals surface area (Å²) in [7, 11) is 1.32. The normalized spacial score (nSPS) is 11.3. The molecule has 1 aromatic heterocycles. The third kappa shape index (κ3) is 5.48. The van der Waals surface area contributed by atoms with Gasteiger partial charge in [-0.15, -0.1) is 0 Å². The Balaban J connectivity index is 1.73. The molecule has 162 valence electrons. The Kier molecular flexibility index (Phi) is 6.69. The van der Waals surface area contributed by atoms with E-state index in [1.165, 1.54) is 43.5 Å². The van der Waals surface area contributed by atoms with Crippen molar-refractivity contribution in [2.75, 3.05) is 7.11 Å². The molecule has 0 N–H and O–H groups in total. The molecule has 0 fully saturated rings. The molecule has 0 amide bonds. The second-order valence-corrected chi connectivity index (χ2v) is 6.75. The molecule has 0 saturated heterocycles. The summed E-state index contributed by atoms with van der Waals surface area (Å²) in [5, 5.41) is 0.693. The van der Waals surface area contributed by atoms with Gasteiger partial charge in [0.1, 0.15) is 12.2 Å². The first-order valence-electron chi connectivity index (χ1n) is 9.28. The van der Waals surface area contributed by atoms with Crippen molar-refractivity contribution in [3.05, 3.63) is 75.1 Å². The highest BCUT2D eigenvalue weighted by Gasteiger charge is 2.11. The number of rotatable bonds is 7.